The summed E-state index contributed by atoms with van der Waals surface area (Å²) in [6.45, 7) is 1.76. The molecule has 0 radical (unpaired) electrons. The molecular formula is C18H21F3N2O4. The predicted octanol–water partition coefficient (Wildman–Crippen LogP) is 3.16. The molecule has 2 atom stereocenters. The molecule has 2 heterocycles. The minimum atomic E-state index is -4.35. The number of alkyl halides is 3. The number of carboxylic acid groups (broad SMARTS) is 1. The Labute approximate surface area is 153 Å². The van der Waals surface area contributed by atoms with Crippen LogP contribution in [0.2, 0.25) is 0 Å². The molecule has 1 fully saturated rings. The average molecular weight is 386 g/mol. The van der Waals surface area contributed by atoms with Gasteiger partial charge in [0, 0.05) is 24.9 Å². The summed E-state index contributed by atoms with van der Waals surface area (Å²) >= 11 is 0. The second-order valence-corrected chi connectivity index (χ2v) is 6.37. The molecule has 9 heteroatoms. The Kier molecular flexibility index (Phi) is 6.84. The predicted molar refractivity (Wildman–Crippen MR) is 91.6 cm³/mol. The van der Waals surface area contributed by atoms with Crippen molar-refractivity contribution in [3.63, 3.8) is 0 Å². The summed E-state index contributed by atoms with van der Waals surface area (Å²) in [5, 5.41) is 12.9. The Morgan fingerprint density at radius 3 is 2.59 bits per heavy atom. The van der Waals surface area contributed by atoms with E-state index in [0.29, 0.717) is 25.1 Å². The number of aromatic nitrogens is 1. The van der Waals surface area contributed by atoms with Crippen molar-refractivity contribution in [1.82, 2.24) is 10.5 Å². The van der Waals surface area contributed by atoms with Crippen LogP contribution in [0.5, 0.6) is 0 Å². The molecule has 3 rings (SSSR count). The third-order valence-electron chi connectivity index (χ3n) is 4.23. The van der Waals surface area contributed by atoms with Gasteiger partial charge in [0.25, 0.3) is 11.5 Å². The molecule has 0 spiro atoms. The zero-order valence-corrected chi connectivity index (χ0v) is 14.7. The first-order chi connectivity index (χ1) is 12.7. The topological polar surface area (TPSA) is 95.3 Å². The van der Waals surface area contributed by atoms with Crippen molar-refractivity contribution in [2.24, 2.45) is 0 Å². The molecule has 1 aliphatic heterocycles. The second-order valence-electron chi connectivity index (χ2n) is 6.37. The van der Waals surface area contributed by atoms with Crippen molar-refractivity contribution in [3.05, 3.63) is 57.6 Å². The number of halogens is 3. The molecular weight excluding hydrogens is 365 g/mol. The third kappa shape index (κ3) is 6.28. The summed E-state index contributed by atoms with van der Waals surface area (Å²) in [6, 6.07) is 6.98. The van der Waals surface area contributed by atoms with Gasteiger partial charge in [-0.15, -0.1) is 0 Å². The fourth-order valence-electron chi connectivity index (χ4n) is 3.16. The van der Waals surface area contributed by atoms with Crippen molar-refractivity contribution >= 4 is 5.97 Å². The molecule has 27 heavy (non-hydrogen) atoms. The van der Waals surface area contributed by atoms with Crippen LogP contribution in [0.15, 0.2) is 39.6 Å². The van der Waals surface area contributed by atoms with Gasteiger partial charge in [-0.3, -0.25) is 9.59 Å². The number of hydrogen-bond acceptors (Lipinski definition) is 4. The number of aliphatic carboxylic acids is 1. The van der Waals surface area contributed by atoms with Crippen molar-refractivity contribution in [2.45, 2.75) is 44.3 Å². The smallest absolute Gasteiger partial charge is 0.416 e. The zero-order chi connectivity index (χ0) is 20.0. The van der Waals surface area contributed by atoms with Crippen LogP contribution in [0.25, 0.3) is 0 Å². The van der Waals surface area contributed by atoms with E-state index in [2.05, 4.69) is 10.5 Å². The highest BCUT2D eigenvalue weighted by Gasteiger charge is 2.34. The van der Waals surface area contributed by atoms with E-state index in [0.717, 1.165) is 19.4 Å². The van der Waals surface area contributed by atoms with Crippen LogP contribution in [-0.4, -0.2) is 28.8 Å². The van der Waals surface area contributed by atoms with E-state index >= 15 is 0 Å². The molecule has 0 bridgehead atoms. The number of rotatable bonds is 3. The van der Waals surface area contributed by atoms with E-state index in [-0.39, 0.29) is 23.1 Å². The van der Waals surface area contributed by atoms with E-state index in [1.165, 1.54) is 18.2 Å². The van der Waals surface area contributed by atoms with Gasteiger partial charge >= 0.3 is 6.18 Å². The van der Waals surface area contributed by atoms with Gasteiger partial charge in [0.15, 0.2) is 0 Å². The maximum absolute atomic E-state index is 13.1. The highest BCUT2D eigenvalue weighted by molar-refractivity contribution is 5.62. The number of carboxylic acids is 1. The van der Waals surface area contributed by atoms with Gasteiger partial charge in [0.1, 0.15) is 5.76 Å². The van der Waals surface area contributed by atoms with Crippen molar-refractivity contribution < 1.29 is 27.6 Å². The van der Waals surface area contributed by atoms with Gasteiger partial charge in [-0.2, -0.15) is 18.3 Å². The number of benzene rings is 1. The van der Waals surface area contributed by atoms with Gasteiger partial charge in [0.2, 0.25) is 0 Å². The zero-order valence-electron chi connectivity index (χ0n) is 14.7. The average Bonchev–Trinajstić information content (AvgIpc) is 3.01. The number of hydrogen-bond donors (Lipinski definition) is 3. The lowest BCUT2D eigenvalue weighted by atomic mass is 9.87. The van der Waals surface area contributed by atoms with Crippen LogP contribution in [-0.2, 0) is 17.4 Å². The molecule has 148 valence electrons. The first-order valence-corrected chi connectivity index (χ1v) is 8.43. The second kappa shape index (κ2) is 8.90. The van der Waals surface area contributed by atoms with Crippen LogP contribution >= 0.6 is 0 Å². The maximum atomic E-state index is 13.1. The Bertz CT molecular complexity index is 809. The summed E-state index contributed by atoms with van der Waals surface area (Å²) in [4.78, 5) is 20.2. The van der Waals surface area contributed by atoms with Gasteiger partial charge < -0.3 is 14.9 Å². The van der Waals surface area contributed by atoms with Crippen molar-refractivity contribution in [1.29, 1.82) is 0 Å². The van der Waals surface area contributed by atoms with Crippen LogP contribution in [0, 0.1) is 0 Å². The molecule has 1 saturated heterocycles. The number of carbonyl (C=O) groups is 1. The molecule has 2 aromatic rings. The molecule has 1 aliphatic rings. The van der Waals surface area contributed by atoms with E-state index in [9.17, 15) is 18.0 Å². The minimum absolute atomic E-state index is 0.0400. The van der Waals surface area contributed by atoms with Gasteiger partial charge in [-0.1, -0.05) is 18.2 Å². The van der Waals surface area contributed by atoms with Crippen LogP contribution in [0.1, 0.15) is 42.6 Å². The number of piperidine rings is 1. The normalized spacial score (nSPS) is 19.9. The highest BCUT2D eigenvalue weighted by atomic mass is 19.4. The SMILES string of the molecule is CC(=O)O.O=c1cc([C@H]2CCN[C@@H](Cc3ccccc3C(F)(F)F)C2)o[nH]1. The molecule has 0 unspecified atom stereocenters. The fourth-order valence-corrected chi connectivity index (χ4v) is 3.16. The Morgan fingerprint density at radius 1 is 1.33 bits per heavy atom. The summed E-state index contributed by atoms with van der Waals surface area (Å²) < 4.78 is 44.4. The van der Waals surface area contributed by atoms with Crippen LogP contribution in [0.4, 0.5) is 13.2 Å². The number of nitrogens with one attached hydrogen (secondary N) is 2. The van der Waals surface area contributed by atoms with E-state index in [1.54, 1.807) is 6.07 Å². The third-order valence-corrected chi connectivity index (χ3v) is 4.23. The first kappa shape index (κ1) is 20.8. The van der Waals surface area contributed by atoms with Gasteiger partial charge in [-0.25, -0.2) is 0 Å². The molecule has 0 aliphatic carbocycles. The van der Waals surface area contributed by atoms with Crippen molar-refractivity contribution in [3.8, 4) is 0 Å². The number of H-pyrrole nitrogens is 1. The molecule has 1 aromatic heterocycles. The Morgan fingerprint density at radius 2 is 2.00 bits per heavy atom. The van der Waals surface area contributed by atoms with Crippen LogP contribution in [0.3, 0.4) is 0 Å². The molecule has 1 aromatic carbocycles. The van der Waals surface area contributed by atoms with E-state index in [4.69, 9.17) is 14.4 Å². The summed E-state index contributed by atoms with van der Waals surface area (Å²) in [5.74, 6) is -0.219. The monoisotopic (exact) mass is 386 g/mol. The lowest BCUT2D eigenvalue weighted by Gasteiger charge is -2.29. The summed E-state index contributed by atoms with van der Waals surface area (Å²) in [7, 11) is 0. The van der Waals surface area contributed by atoms with Gasteiger partial charge in [0.05, 0.1) is 5.56 Å². The lowest BCUT2D eigenvalue weighted by Crippen LogP contribution is -2.39. The fraction of sp³-hybridized carbons (Fsp3) is 0.444. The highest BCUT2D eigenvalue weighted by Crippen LogP contribution is 2.34. The standard InChI is InChI=1S/C16H17F3N2O2.C2H4O2/c17-16(18,19)13-4-2-1-3-10(13)7-12-8-11(5-6-20-12)14-9-15(22)21-23-14;1-2(3)4/h1-4,9,11-12,20H,5-8H2,(H,21,22);1H3,(H,3,4)/t11-,12-;/m0./s1. The van der Waals surface area contributed by atoms with Crippen LogP contribution < -0.4 is 10.9 Å². The molecule has 0 saturated carbocycles. The molecule has 0 amide bonds. The van der Waals surface area contributed by atoms with Gasteiger partial charge in [-0.05, 0) is 37.4 Å². The largest absolute Gasteiger partial charge is 0.481 e. The Balaban J connectivity index is 0.000000596. The quantitative estimate of drug-likeness (QED) is 0.753. The number of aromatic amines is 1. The first-order valence-electron chi connectivity index (χ1n) is 8.43. The van der Waals surface area contributed by atoms with E-state index < -0.39 is 17.7 Å². The summed E-state index contributed by atoms with van der Waals surface area (Å²) in [5.41, 5.74) is -0.594. The Hall–Kier alpha value is -2.55. The van der Waals surface area contributed by atoms with Crippen molar-refractivity contribution in [2.75, 3.05) is 6.54 Å². The lowest BCUT2D eigenvalue weighted by molar-refractivity contribution is -0.138. The maximum Gasteiger partial charge on any atom is 0.416 e. The molecule has 6 nitrogen and oxygen atoms in total. The minimum Gasteiger partial charge on any atom is -0.481 e. The van der Waals surface area contributed by atoms with E-state index in [1.807, 2.05) is 0 Å². The molecule has 3 N–H and O–H groups in total. The summed E-state index contributed by atoms with van der Waals surface area (Å²) in [6.07, 6.45) is -2.63.